The van der Waals surface area contributed by atoms with Gasteiger partial charge in [-0.3, -0.25) is 19.2 Å². The van der Waals surface area contributed by atoms with Crippen molar-refractivity contribution in [2.75, 3.05) is 20.8 Å². The van der Waals surface area contributed by atoms with E-state index in [1.807, 2.05) is 0 Å². The number of hydrogen-bond acceptors (Lipinski definition) is 9. The van der Waals surface area contributed by atoms with E-state index in [4.69, 9.17) is 30.1 Å². The average Bonchev–Trinajstić information content (AvgIpc) is 2.71. The van der Waals surface area contributed by atoms with Gasteiger partial charge in [-0.1, -0.05) is 11.8 Å². The van der Waals surface area contributed by atoms with Gasteiger partial charge in [0.1, 0.15) is 24.9 Å². The van der Waals surface area contributed by atoms with Gasteiger partial charge in [-0.25, -0.2) is 0 Å². The Hall–Kier alpha value is -3.30. The van der Waals surface area contributed by atoms with E-state index in [1.165, 1.54) is 13.8 Å². The Kier molecular flexibility index (Phi) is 9.60. The van der Waals surface area contributed by atoms with Crippen LogP contribution in [0.4, 0.5) is 0 Å². The highest BCUT2D eigenvalue weighted by atomic mass is 16.6. The second-order valence-corrected chi connectivity index (χ2v) is 6.30. The zero-order chi connectivity index (χ0) is 22.7. The van der Waals surface area contributed by atoms with Crippen LogP contribution in [0.25, 0.3) is 0 Å². The fraction of sp³-hybridized carbons (Fsp3) is 0.524. The third kappa shape index (κ3) is 6.64. The molecule has 0 N–H and O–H groups in total. The minimum Gasteiger partial charge on any atom is -0.468 e. The van der Waals surface area contributed by atoms with Crippen LogP contribution >= 0.6 is 0 Å². The minimum absolute atomic E-state index is 0.152. The van der Waals surface area contributed by atoms with E-state index in [0.29, 0.717) is 0 Å². The molecule has 0 aromatic carbocycles. The van der Waals surface area contributed by atoms with E-state index in [-0.39, 0.29) is 19.4 Å². The summed E-state index contributed by atoms with van der Waals surface area (Å²) >= 11 is 0. The highest BCUT2D eigenvalue weighted by molar-refractivity contribution is 6.00. The highest BCUT2D eigenvalue weighted by Crippen LogP contribution is 2.29. The van der Waals surface area contributed by atoms with Crippen LogP contribution in [0.15, 0.2) is 12.2 Å². The Bertz CT molecular complexity index is 778. The molecule has 0 aromatic heterocycles. The van der Waals surface area contributed by atoms with E-state index in [0.717, 1.165) is 14.2 Å². The van der Waals surface area contributed by atoms with Crippen LogP contribution < -0.4 is 0 Å². The first-order chi connectivity index (χ1) is 14.2. The Labute approximate surface area is 175 Å². The van der Waals surface area contributed by atoms with Crippen LogP contribution in [0.5, 0.6) is 0 Å². The lowest BCUT2D eigenvalue weighted by Crippen LogP contribution is -2.41. The molecule has 0 bridgehead atoms. The van der Waals surface area contributed by atoms with Gasteiger partial charge in [0, 0.05) is 26.7 Å². The maximum atomic E-state index is 12.2. The second kappa shape index (κ2) is 11.6. The second-order valence-electron chi connectivity index (χ2n) is 6.30. The molecule has 0 spiro atoms. The molecule has 1 rings (SSSR count). The van der Waals surface area contributed by atoms with Gasteiger partial charge in [-0.2, -0.15) is 0 Å². The summed E-state index contributed by atoms with van der Waals surface area (Å²) in [6.45, 7) is 2.33. The topological polar surface area (TPSA) is 114 Å². The maximum absolute atomic E-state index is 12.2. The van der Waals surface area contributed by atoms with Crippen LogP contribution in [-0.4, -0.2) is 63.0 Å². The smallest absolute Gasteiger partial charge is 0.325 e. The average molecular weight is 420 g/mol. The first-order valence-electron chi connectivity index (χ1n) is 8.93. The summed E-state index contributed by atoms with van der Waals surface area (Å²) in [5, 5.41) is 0. The Morgan fingerprint density at radius 1 is 1.03 bits per heavy atom. The Morgan fingerprint density at radius 3 is 2.17 bits per heavy atom. The predicted molar refractivity (Wildman–Crippen MR) is 102 cm³/mol. The van der Waals surface area contributed by atoms with Crippen molar-refractivity contribution in [2.24, 2.45) is 5.41 Å². The van der Waals surface area contributed by atoms with E-state index in [2.05, 4.69) is 17.8 Å². The summed E-state index contributed by atoms with van der Waals surface area (Å²) < 4.78 is 25.2. The summed E-state index contributed by atoms with van der Waals surface area (Å²) in [6.07, 6.45) is 5.60. The molecule has 0 aliphatic carbocycles. The van der Waals surface area contributed by atoms with Crippen molar-refractivity contribution in [2.45, 2.75) is 45.0 Å². The zero-order valence-corrected chi connectivity index (χ0v) is 17.3. The molecule has 9 nitrogen and oxygen atoms in total. The van der Waals surface area contributed by atoms with Crippen molar-refractivity contribution in [1.29, 1.82) is 0 Å². The van der Waals surface area contributed by atoms with E-state index < -0.39 is 47.6 Å². The van der Waals surface area contributed by atoms with Crippen LogP contribution in [0.2, 0.25) is 0 Å². The van der Waals surface area contributed by atoms with E-state index >= 15 is 0 Å². The molecule has 9 heteroatoms. The monoisotopic (exact) mass is 420 g/mol. The van der Waals surface area contributed by atoms with Crippen molar-refractivity contribution in [3.8, 4) is 24.2 Å². The van der Waals surface area contributed by atoms with E-state index in [9.17, 15) is 19.2 Å². The molecule has 0 saturated carbocycles. The molecule has 0 unspecified atom stereocenters. The molecular formula is C21H24O9. The maximum Gasteiger partial charge on any atom is 0.325 e. The molecule has 1 aliphatic heterocycles. The molecule has 3 atom stereocenters. The standard InChI is InChI=1S/C21H24O9/c1-6-11-21(19(24)26-4,20(25)27-5)12-7-8-16-9-10-17(29-15(3)23)18(30-16)13-28-14(2)22/h1,9-10,16-18H,11-13H2,2-5H3/t16-,17+,18-/m1/s1. The van der Waals surface area contributed by atoms with Crippen molar-refractivity contribution in [1.82, 2.24) is 0 Å². The van der Waals surface area contributed by atoms with Gasteiger partial charge in [0.25, 0.3) is 0 Å². The number of esters is 4. The fourth-order valence-electron chi connectivity index (χ4n) is 2.67. The molecule has 0 amide bonds. The van der Waals surface area contributed by atoms with Crippen molar-refractivity contribution >= 4 is 23.9 Å². The summed E-state index contributed by atoms with van der Waals surface area (Å²) in [4.78, 5) is 46.8. The lowest BCUT2D eigenvalue weighted by Gasteiger charge is -2.29. The summed E-state index contributed by atoms with van der Waals surface area (Å²) in [7, 11) is 2.26. The van der Waals surface area contributed by atoms with Crippen LogP contribution in [0.1, 0.15) is 26.7 Å². The third-order valence-corrected chi connectivity index (χ3v) is 4.11. The fourth-order valence-corrected chi connectivity index (χ4v) is 2.67. The number of ether oxygens (including phenoxy) is 5. The normalized spacial score (nSPS) is 20.0. The lowest BCUT2D eigenvalue weighted by atomic mass is 9.81. The van der Waals surface area contributed by atoms with Crippen molar-refractivity contribution in [3.05, 3.63) is 12.2 Å². The largest absolute Gasteiger partial charge is 0.468 e. The first-order valence-corrected chi connectivity index (χ1v) is 8.93. The van der Waals surface area contributed by atoms with Gasteiger partial charge in [-0.15, -0.1) is 12.3 Å². The number of terminal acetylenes is 1. The minimum atomic E-state index is -1.76. The van der Waals surface area contributed by atoms with Gasteiger partial charge >= 0.3 is 23.9 Å². The summed E-state index contributed by atoms with van der Waals surface area (Å²) in [5.74, 6) is 4.99. The first kappa shape index (κ1) is 24.7. The van der Waals surface area contributed by atoms with Gasteiger partial charge < -0.3 is 23.7 Å². The van der Waals surface area contributed by atoms with Gasteiger partial charge in [0.05, 0.1) is 14.2 Å². The molecule has 0 fully saturated rings. The van der Waals surface area contributed by atoms with Crippen LogP contribution in [0, 0.1) is 29.6 Å². The number of hydrogen-bond donors (Lipinski definition) is 0. The molecule has 0 saturated heterocycles. The third-order valence-electron chi connectivity index (χ3n) is 4.11. The molecular weight excluding hydrogens is 396 g/mol. The number of methoxy groups -OCH3 is 2. The van der Waals surface area contributed by atoms with Gasteiger partial charge in [0.2, 0.25) is 0 Å². The molecule has 1 aliphatic rings. The molecule has 30 heavy (non-hydrogen) atoms. The van der Waals surface area contributed by atoms with E-state index in [1.54, 1.807) is 12.2 Å². The number of carbonyl (C=O) groups excluding carboxylic acids is 4. The molecule has 162 valence electrons. The molecule has 1 heterocycles. The van der Waals surface area contributed by atoms with Crippen molar-refractivity contribution in [3.63, 3.8) is 0 Å². The molecule has 0 aromatic rings. The van der Waals surface area contributed by atoms with Crippen LogP contribution in [-0.2, 0) is 42.9 Å². The molecule has 0 radical (unpaired) electrons. The summed E-state index contributed by atoms with van der Waals surface area (Å²) in [6, 6.07) is 0. The van der Waals surface area contributed by atoms with Crippen LogP contribution in [0.3, 0.4) is 0 Å². The zero-order valence-electron chi connectivity index (χ0n) is 17.3. The van der Waals surface area contributed by atoms with Crippen molar-refractivity contribution < 1.29 is 42.9 Å². The Balaban J connectivity index is 3.04. The SMILES string of the molecule is C#CCC(CC#C[C@@H]1C=C[C@H](OC(C)=O)[C@@H](COC(C)=O)O1)(C(=O)OC)C(=O)OC. The number of rotatable bonds is 7. The summed E-state index contributed by atoms with van der Waals surface area (Å²) in [5.41, 5.74) is -1.76. The van der Waals surface area contributed by atoms with Gasteiger partial charge in [-0.05, 0) is 12.2 Å². The lowest BCUT2D eigenvalue weighted by molar-refractivity contribution is -0.168. The Morgan fingerprint density at radius 2 is 1.67 bits per heavy atom. The predicted octanol–water partition coefficient (Wildman–Crippen LogP) is 0.554. The van der Waals surface area contributed by atoms with Gasteiger partial charge in [0.15, 0.2) is 5.41 Å². The quantitative estimate of drug-likeness (QED) is 0.191. The highest BCUT2D eigenvalue weighted by Gasteiger charge is 2.47. The number of carbonyl (C=O) groups is 4.